The Kier molecular flexibility index (Phi) is 5.08. The molecule has 22 heavy (non-hydrogen) atoms. The van der Waals surface area contributed by atoms with Crippen molar-refractivity contribution >= 4 is 17.5 Å². The predicted octanol–water partition coefficient (Wildman–Crippen LogP) is 4.24. The Bertz CT molecular complexity index is 643. The molecule has 1 N–H and O–H groups in total. The number of nitrogens with one attached hydrogen (secondary N) is 1. The molecule has 0 unspecified atom stereocenters. The summed E-state index contributed by atoms with van der Waals surface area (Å²) < 4.78 is 39.4. The van der Waals surface area contributed by atoms with Gasteiger partial charge in [0.1, 0.15) is 6.04 Å². The van der Waals surface area contributed by atoms with Crippen molar-refractivity contribution in [3.05, 3.63) is 70.7 Å². The van der Waals surface area contributed by atoms with E-state index in [1.807, 2.05) is 5.32 Å². The normalized spacial score (nSPS) is 12.7. The highest BCUT2D eigenvalue weighted by Gasteiger charge is 2.40. The lowest BCUT2D eigenvalue weighted by atomic mass is 10.0. The van der Waals surface area contributed by atoms with Gasteiger partial charge in [-0.05, 0) is 29.8 Å². The van der Waals surface area contributed by atoms with Crippen LogP contribution in [0.3, 0.4) is 0 Å². The van der Waals surface area contributed by atoms with Crippen LogP contribution >= 0.6 is 11.6 Å². The van der Waals surface area contributed by atoms with E-state index in [9.17, 15) is 18.0 Å². The van der Waals surface area contributed by atoms with Crippen LogP contribution in [0.15, 0.2) is 54.6 Å². The largest absolute Gasteiger partial charge is 0.408 e. The van der Waals surface area contributed by atoms with Gasteiger partial charge in [-0.2, -0.15) is 13.2 Å². The van der Waals surface area contributed by atoms with E-state index in [0.717, 1.165) is 0 Å². The maximum Gasteiger partial charge on any atom is 0.408 e. The van der Waals surface area contributed by atoms with Gasteiger partial charge in [0.25, 0.3) is 5.91 Å². The second-order valence-corrected chi connectivity index (χ2v) is 5.20. The fourth-order valence-electron chi connectivity index (χ4n) is 1.98. The maximum absolute atomic E-state index is 13.1. The first kappa shape index (κ1) is 16.4. The zero-order valence-electron chi connectivity index (χ0n) is 11.4. The fourth-order valence-corrected chi connectivity index (χ4v) is 2.19. The van der Waals surface area contributed by atoms with Gasteiger partial charge in [-0.1, -0.05) is 41.9 Å². The van der Waals surface area contributed by atoms with E-state index in [-0.39, 0.29) is 12.0 Å². The molecule has 0 aliphatic heterocycles. The molecule has 0 fully saturated rings. The molecule has 6 heteroatoms. The maximum atomic E-state index is 13.1. The number of alkyl halides is 3. The fraction of sp³-hybridized carbons (Fsp3) is 0.188. The minimum absolute atomic E-state index is 0.183. The van der Waals surface area contributed by atoms with E-state index in [4.69, 9.17) is 11.6 Å². The number of carbonyl (C=O) groups is 1. The first-order valence-electron chi connectivity index (χ1n) is 6.53. The van der Waals surface area contributed by atoms with Crippen molar-refractivity contribution in [1.82, 2.24) is 5.32 Å². The summed E-state index contributed by atoms with van der Waals surface area (Å²) in [5.41, 5.74) is 0.589. The summed E-state index contributed by atoms with van der Waals surface area (Å²) in [4.78, 5) is 11.9. The SMILES string of the molecule is O=C(N[C@H](Cc1cccc(Cl)c1)C(F)(F)F)c1ccccc1. The van der Waals surface area contributed by atoms with E-state index in [0.29, 0.717) is 10.6 Å². The topological polar surface area (TPSA) is 29.1 Å². The third kappa shape index (κ3) is 4.49. The Hall–Kier alpha value is -2.01. The predicted molar refractivity (Wildman–Crippen MR) is 78.9 cm³/mol. The van der Waals surface area contributed by atoms with Gasteiger partial charge in [0.2, 0.25) is 0 Å². The monoisotopic (exact) mass is 327 g/mol. The third-order valence-electron chi connectivity index (χ3n) is 3.07. The van der Waals surface area contributed by atoms with Crippen molar-refractivity contribution in [1.29, 1.82) is 0 Å². The minimum Gasteiger partial charge on any atom is -0.340 e. The molecule has 2 aromatic carbocycles. The van der Waals surface area contributed by atoms with Gasteiger partial charge >= 0.3 is 6.18 Å². The molecule has 0 aliphatic carbocycles. The molecule has 0 saturated heterocycles. The summed E-state index contributed by atoms with van der Waals surface area (Å²) in [5, 5.41) is 2.39. The van der Waals surface area contributed by atoms with E-state index >= 15 is 0 Å². The van der Waals surface area contributed by atoms with E-state index in [2.05, 4.69) is 0 Å². The van der Waals surface area contributed by atoms with Gasteiger partial charge in [-0.3, -0.25) is 4.79 Å². The van der Waals surface area contributed by atoms with Gasteiger partial charge in [0.15, 0.2) is 0 Å². The second-order valence-electron chi connectivity index (χ2n) is 4.77. The third-order valence-corrected chi connectivity index (χ3v) is 3.30. The van der Waals surface area contributed by atoms with Gasteiger partial charge in [0, 0.05) is 17.0 Å². The standard InChI is InChI=1S/C16H13ClF3NO/c17-13-8-4-5-11(9-13)10-14(16(18,19)20)21-15(22)12-6-2-1-3-7-12/h1-9,14H,10H2,(H,21,22)/t14-/m1/s1. The van der Waals surface area contributed by atoms with Crippen LogP contribution in [0.25, 0.3) is 0 Å². The van der Waals surface area contributed by atoms with E-state index in [1.54, 1.807) is 36.4 Å². The molecular formula is C16H13ClF3NO. The summed E-state index contributed by atoms with van der Waals surface area (Å²) in [6.07, 6.45) is -4.92. The first-order valence-corrected chi connectivity index (χ1v) is 6.91. The first-order chi connectivity index (χ1) is 10.4. The Morgan fingerprint density at radius 2 is 1.77 bits per heavy atom. The van der Waals surface area contributed by atoms with Crippen LogP contribution in [0, 0.1) is 0 Å². The number of hydrogen-bond donors (Lipinski definition) is 1. The Labute approximate surface area is 130 Å². The second kappa shape index (κ2) is 6.83. The highest BCUT2D eigenvalue weighted by molar-refractivity contribution is 6.30. The van der Waals surface area contributed by atoms with Crippen molar-refractivity contribution in [2.24, 2.45) is 0 Å². The van der Waals surface area contributed by atoms with E-state index < -0.39 is 18.1 Å². The van der Waals surface area contributed by atoms with Crippen LogP contribution in [0.4, 0.5) is 13.2 Å². The van der Waals surface area contributed by atoms with Crippen molar-refractivity contribution in [3.63, 3.8) is 0 Å². The van der Waals surface area contributed by atoms with Gasteiger partial charge in [-0.25, -0.2) is 0 Å². The lowest BCUT2D eigenvalue weighted by Crippen LogP contribution is -2.46. The molecule has 0 aromatic heterocycles. The summed E-state index contributed by atoms with van der Waals surface area (Å²) in [6, 6.07) is 12.0. The highest BCUT2D eigenvalue weighted by atomic mass is 35.5. The summed E-state index contributed by atoms with van der Waals surface area (Å²) >= 11 is 5.78. The molecular weight excluding hydrogens is 315 g/mol. The molecule has 2 nitrogen and oxygen atoms in total. The van der Waals surface area contributed by atoms with Gasteiger partial charge in [-0.15, -0.1) is 0 Å². The minimum atomic E-state index is -4.55. The lowest BCUT2D eigenvalue weighted by Gasteiger charge is -2.22. The van der Waals surface area contributed by atoms with Crippen LogP contribution in [0.1, 0.15) is 15.9 Å². The Balaban J connectivity index is 2.15. The smallest absolute Gasteiger partial charge is 0.340 e. The number of amides is 1. The zero-order chi connectivity index (χ0) is 16.2. The van der Waals surface area contributed by atoms with Crippen molar-refractivity contribution in [3.8, 4) is 0 Å². The van der Waals surface area contributed by atoms with E-state index in [1.165, 1.54) is 18.2 Å². The molecule has 2 rings (SSSR count). The average Bonchev–Trinajstić information content (AvgIpc) is 2.46. The van der Waals surface area contributed by atoms with Crippen LogP contribution < -0.4 is 5.32 Å². The van der Waals surface area contributed by atoms with Crippen molar-refractivity contribution in [2.75, 3.05) is 0 Å². The molecule has 0 spiro atoms. The zero-order valence-corrected chi connectivity index (χ0v) is 12.2. The van der Waals surface area contributed by atoms with Crippen LogP contribution in [0.5, 0.6) is 0 Å². The Morgan fingerprint density at radius 1 is 1.09 bits per heavy atom. The quantitative estimate of drug-likeness (QED) is 0.894. The number of rotatable bonds is 4. The summed E-state index contributed by atoms with van der Waals surface area (Å²) in [7, 11) is 0. The van der Waals surface area contributed by atoms with Crippen molar-refractivity contribution < 1.29 is 18.0 Å². The summed E-state index contributed by atoms with van der Waals surface area (Å²) in [6.45, 7) is 0. The molecule has 0 heterocycles. The summed E-state index contributed by atoms with van der Waals surface area (Å²) in [5.74, 6) is -0.759. The lowest BCUT2D eigenvalue weighted by molar-refractivity contribution is -0.153. The van der Waals surface area contributed by atoms with Crippen molar-refractivity contribution in [2.45, 2.75) is 18.6 Å². The number of halogens is 4. The van der Waals surface area contributed by atoms with Gasteiger partial charge < -0.3 is 5.32 Å². The molecule has 0 bridgehead atoms. The molecule has 0 radical (unpaired) electrons. The Morgan fingerprint density at radius 3 is 2.36 bits per heavy atom. The highest BCUT2D eigenvalue weighted by Crippen LogP contribution is 2.24. The number of carbonyl (C=O) groups excluding carboxylic acids is 1. The van der Waals surface area contributed by atoms with Crippen LogP contribution in [0.2, 0.25) is 5.02 Å². The molecule has 1 amide bonds. The number of hydrogen-bond acceptors (Lipinski definition) is 1. The average molecular weight is 328 g/mol. The molecule has 116 valence electrons. The molecule has 0 aliphatic rings. The molecule has 0 saturated carbocycles. The molecule has 1 atom stereocenters. The van der Waals surface area contributed by atoms with Crippen LogP contribution in [-0.2, 0) is 6.42 Å². The molecule has 2 aromatic rings. The van der Waals surface area contributed by atoms with Gasteiger partial charge in [0.05, 0.1) is 0 Å². The number of benzene rings is 2. The van der Waals surface area contributed by atoms with Crippen LogP contribution in [-0.4, -0.2) is 18.1 Å².